The van der Waals surface area contributed by atoms with Crippen molar-refractivity contribution in [3.8, 4) is 5.75 Å². The minimum absolute atomic E-state index is 0.493. The Morgan fingerprint density at radius 2 is 2.42 bits per heavy atom. The van der Waals surface area contributed by atoms with Gasteiger partial charge in [0, 0.05) is 12.3 Å². The second-order valence-corrected chi connectivity index (χ2v) is 2.48. The number of hydrogen-bond acceptors (Lipinski definition) is 3. The predicted octanol–water partition coefficient (Wildman–Crippen LogP) is 0.925. The van der Waals surface area contributed by atoms with E-state index in [-0.39, 0.29) is 0 Å². The summed E-state index contributed by atoms with van der Waals surface area (Å²) in [6, 6.07) is 3.72. The van der Waals surface area contributed by atoms with E-state index < -0.39 is 0 Å². The summed E-state index contributed by atoms with van der Waals surface area (Å²) >= 11 is 0. The molecular weight excluding hydrogens is 154 g/mol. The topological polar surface area (TPSA) is 52.5 Å². The number of methoxy groups -OCH3 is 1. The highest BCUT2D eigenvalue weighted by Gasteiger charge is 1.99. The van der Waals surface area contributed by atoms with E-state index in [1.165, 1.54) is 0 Å². The van der Waals surface area contributed by atoms with E-state index in [0.717, 1.165) is 11.3 Å². The molecule has 0 atom stereocenters. The third kappa shape index (κ3) is 0.887. The van der Waals surface area contributed by atoms with Crippen LogP contribution in [0.2, 0.25) is 0 Å². The normalized spacial score (nSPS) is 10.4. The van der Waals surface area contributed by atoms with Crippen LogP contribution in [0.5, 0.6) is 5.75 Å². The quantitative estimate of drug-likeness (QED) is 0.680. The van der Waals surface area contributed by atoms with Gasteiger partial charge in [0.15, 0.2) is 0 Å². The molecule has 4 heteroatoms. The number of pyridine rings is 1. The second kappa shape index (κ2) is 2.41. The SMILES string of the molecule is COc1ccn2c(N)ncc2c1. The predicted molar refractivity (Wildman–Crippen MR) is 46.2 cm³/mol. The van der Waals surface area contributed by atoms with Crippen molar-refractivity contribution >= 4 is 11.5 Å². The fourth-order valence-corrected chi connectivity index (χ4v) is 1.13. The van der Waals surface area contributed by atoms with E-state index in [2.05, 4.69) is 4.98 Å². The van der Waals surface area contributed by atoms with Crippen molar-refractivity contribution in [3.05, 3.63) is 24.5 Å². The first kappa shape index (κ1) is 6.97. The monoisotopic (exact) mass is 163 g/mol. The molecule has 2 aromatic rings. The molecule has 62 valence electrons. The molecule has 4 nitrogen and oxygen atoms in total. The van der Waals surface area contributed by atoms with Crippen LogP contribution in [-0.4, -0.2) is 16.5 Å². The number of fused-ring (bicyclic) bond motifs is 1. The maximum Gasteiger partial charge on any atom is 0.204 e. The number of imidazole rings is 1. The van der Waals surface area contributed by atoms with Crippen LogP contribution in [0.25, 0.3) is 5.52 Å². The van der Waals surface area contributed by atoms with Crippen molar-refractivity contribution in [1.82, 2.24) is 9.38 Å². The lowest BCUT2D eigenvalue weighted by molar-refractivity contribution is 0.414. The Bertz CT molecular complexity index is 408. The number of ether oxygens (including phenoxy) is 1. The highest BCUT2D eigenvalue weighted by Crippen LogP contribution is 2.15. The Labute approximate surface area is 69.6 Å². The molecule has 0 fully saturated rings. The first-order chi connectivity index (χ1) is 5.81. The Kier molecular flexibility index (Phi) is 1.40. The second-order valence-electron chi connectivity index (χ2n) is 2.48. The minimum Gasteiger partial charge on any atom is -0.497 e. The van der Waals surface area contributed by atoms with Gasteiger partial charge in [-0.1, -0.05) is 0 Å². The number of hydrogen-bond donors (Lipinski definition) is 1. The Hall–Kier alpha value is -1.71. The van der Waals surface area contributed by atoms with Crippen molar-refractivity contribution in [2.24, 2.45) is 0 Å². The van der Waals surface area contributed by atoms with E-state index >= 15 is 0 Å². The molecule has 12 heavy (non-hydrogen) atoms. The van der Waals surface area contributed by atoms with Crippen LogP contribution >= 0.6 is 0 Å². The third-order valence-corrected chi connectivity index (χ3v) is 1.77. The summed E-state index contributed by atoms with van der Waals surface area (Å²) in [4.78, 5) is 3.96. The molecule has 0 aromatic carbocycles. The molecule has 0 saturated heterocycles. The summed E-state index contributed by atoms with van der Waals surface area (Å²) in [5.41, 5.74) is 6.52. The molecule has 0 spiro atoms. The molecule has 0 radical (unpaired) electrons. The smallest absolute Gasteiger partial charge is 0.204 e. The van der Waals surface area contributed by atoms with Gasteiger partial charge in [-0.3, -0.25) is 4.40 Å². The van der Waals surface area contributed by atoms with Gasteiger partial charge in [-0.15, -0.1) is 0 Å². The number of nitrogen functional groups attached to an aromatic ring is 1. The van der Waals surface area contributed by atoms with E-state index in [4.69, 9.17) is 10.5 Å². The van der Waals surface area contributed by atoms with Gasteiger partial charge < -0.3 is 10.5 Å². The van der Waals surface area contributed by atoms with Crippen LogP contribution in [0.4, 0.5) is 5.95 Å². The van der Waals surface area contributed by atoms with Gasteiger partial charge in [0.2, 0.25) is 5.95 Å². The first-order valence-electron chi connectivity index (χ1n) is 3.58. The van der Waals surface area contributed by atoms with Crippen molar-refractivity contribution in [3.63, 3.8) is 0 Å². The molecule has 0 bridgehead atoms. The molecule has 0 aliphatic rings. The zero-order valence-electron chi connectivity index (χ0n) is 6.69. The fourth-order valence-electron chi connectivity index (χ4n) is 1.13. The highest BCUT2D eigenvalue weighted by atomic mass is 16.5. The third-order valence-electron chi connectivity index (χ3n) is 1.77. The summed E-state index contributed by atoms with van der Waals surface area (Å²) < 4.78 is 6.84. The van der Waals surface area contributed by atoms with Crippen LogP contribution in [0.15, 0.2) is 24.5 Å². The fraction of sp³-hybridized carbons (Fsp3) is 0.125. The van der Waals surface area contributed by atoms with Gasteiger partial charge in [-0.05, 0) is 6.07 Å². The van der Waals surface area contributed by atoms with Crippen LogP contribution in [-0.2, 0) is 0 Å². The molecule has 0 aliphatic carbocycles. The van der Waals surface area contributed by atoms with E-state index in [0.29, 0.717) is 5.95 Å². The van der Waals surface area contributed by atoms with Crippen LogP contribution in [0, 0.1) is 0 Å². The number of rotatable bonds is 1. The summed E-state index contributed by atoms with van der Waals surface area (Å²) in [5, 5.41) is 0. The Morgan fingerprint density at radius 1 is 1.58 bits per heavy atom. The van der Waals surface area contributed by atoms with Gasteiger partial charge in [0.25, 0.3) is 0 Å². The molecule has 0 saturated carbocycles. The first-order valence-corrected chi connectivity index (χ1v) is 3.58. The van der Waals surface area contributed by atoms with Crippen molar-refractivity contribution in [1.29, 1.82) is 0 Å². The summed E-state index contributed by atoms with van der Waals surface area (Å²) in [7, 11) is 1.63. The van der Waals surface area contributed by atoms with Gasteiger partial charge >= 0.3 is 0 Å². The van der Waals surface area contributed by atoms with Crippen molar-refractivity contribution < 1.29 is 4.74 Å². The largest absolute Gasteiger partial charge is 0.497 e. The van der Waals surface area contributed by atoms with Gasteiger partial charge in [0.1, 0.15) is 5.75 Å². The molecule has 2 aromatic heterocycles. The van der Waals surface area contributed by atoms with Gasteiger partial charge in [0.05, 0.1) is 18.8 Å². The molecule has 0 amide bonds. The van der Waals surface area contributed by atoms with Crippen LogP contribution in [0.1, 0.15) is 0 Å². The molecule has 0 aliphatic heterocycles. The zero-order valence-corrected chi connectivity index (χ0v) is 6.69. The average molecular weight is 163 g/mol. The van der Waals surface area contributed by atoms with Crippen molar-refractivity contribution in [2.75, 3.05) is 12.8 Å². The van der Waals surface area contributed by atoms with Crippen LogP contribution < -0.4 is 10.5 Å². The lowest BCUT2D eigenvalue weighted by Crippen LogP contribution is -1.93. The average Bonchev–Trinajstić information content (AvgIpc) is 2.47. The zero-order chi connectivity index (χ0) is 8.55. The maximum absolute atomic E-state index is 5.58. The molecule has 0 unspecified atom stereocenters. The van der Waals surface area contributed by atoms with E-state index in [1.807, 2.05) is 18.3 Å². The summed E-state index contributed by atoms with van der Waals surface area (Å²) in [5.74, 6) is 1.30. The number of nitrogens with zero attached hydrogens (tertiary/aromatic N) is 2. The lowest BCUT2D eigenvalue weighted by Gasteiger charge is -1.99. The Morgan fingerprint density at radius 3 is 3.17 bits per heavy atom. The van der Waals surface area contributed by atoms with Gasteiger partial charge in [-0.25, -0.2) is 4.98 Å². The van der Waals surface area contributed by atoms with Crippen LogP contribution in [0.3, 0.4) is 0 Å². The molecular formula is C8H9N3O. The lowest BCUT2D eigenvalue weighted by atomic mass is 10.4. The molecule has 2 N–H and O–H groups in total. The maximum atomic E-state index is 5.58. The number of anilines is 1. The summed E-state index contributed by atoms with van der Waals surface area (Å²) in [6.07, 6.45) is 3.54. The standard InChI is InChI=1S/C8H9N3O/c1-12-7-2-3-11-6(4-7)5-10-8(11)9/h2-5H,1H3,(H2,9,10). The van der Waals surface area contributed by atoms with E-state index in [9.17, 15) is 0 Å². The molecule has 2 heterocycles. The number of nitrogens with two attached hydrogens (primary N) is 1. The summed E-state index contributed by atoms with van der Waals surface area (Å²) in [6.45, 7) is 0. The highest BCUT2D eigenvalue weighted by molar-refractivity contribution is 5.54. The number of aromatic nitrogens is 2. The minimum atomic E-state index is 0.493. The van der Waals surface area contributed by atoms with E-state index in [1.54, 1.807) is 17.7 Å². The molecule has 2 rings (SSSR count). The van der Waals surface area contributed by atoms with Gasteiger partial charge in [-0.2, -0.15) is 0 Å². The van der Waals surface area contributed by atoms with Crippen molar-refractivity contribution in [2.45, 2.75) is 0 Å². The Balaban J connectivity index is 2.69.